The third-order valence-electron chi connectivity index (χ3n) is 5.81. The number of nitrogens with zero attached hydrogens (tertiary/aromatic N) is 5. The number of aromatic nitrogens is 4. The highest BCUT2D eigenvalue weighted by Crippen LogP contribution is 2.33. The van der Waals surface area contributed by atoms with Gasteiger partial charge in [-0.1, -0.05) is 42.3 Å². The van der Waals surface area contributed by atoms with E-state index in [-0.39, 0.29) is 6.04 Å². The smallest absolute Gasteiger partial charge is 0.246 e. The average Bonchev–Trinajstić information content (AvgIpc) is 3.51. The van der Waals surface area contributed by atoms with Gasteiger partial charge in [0.25, 0.3) is 0 Å². The van der Waals surface area contributed by atoms with Gasteiger partial charge in [-0.3, -0.25) is 9.58 Å². The molecule has 1 aromatic carbocycles. The maximum atomic E-state index is 5.73. The molecule has 7 heteroatoms. The molecule has 1 atom stereocenters. The molecule has 1 unspecified atom stereocenters. The van der Waals surface area contributed by atoms with Gasteiger partial charge >= 0.3 is 0 Å². The van der Waals surface area contributed by atoms with E-state index in [9.17, 15) is 0 Å². The molecule has 28 heavy (non-hydrogen) atoms. The van der Waals surface area contributed by atoms with Crippen LogP contribution in [0.1, 0.15) is 43.2 Å². The van der Waals surface area contributed by atoms with Crippen LogP contribution in [0.3, 0.4) is 0 Å². The lowest BCUT2D eigenvalue weighted by molar-refractivity contribution is -0.0397. The maximum Gasteiger partial charge on any atom is 0.246 e. The van der Waals surface area contributed by atoms with Crippen LogP contribution in [-0.2, 0) is 11.3 Å². The van der Waals surface area contributed by atoms with Crippen LogP contribution in [-0.4, -0.2) is 50.6 Å². The predicted molar refractivity (Wildman–Crippen MR) is 104 cm³/mol. The highest BCUT2D eigenvalue weighted by atomic mass is 16.5. The molecule has 1 saturated heterocycles. The van der Waals surface area contributed by atoms with Gasteiger partial charge in [-0.25, -0.2) is 0 Å². The molecule has 0 amide bonds. The number of rotatable bonds is 5. The summed E-state index contributed by atoms with van der Waals surface area (Å²) >= 11 is 0. The summed E-state index contributed by atoms with van der Waals surface area (Å²) in [4.78, 5) is 7.23. The fourth-order valence-corrected chi connectivity index (χ4v) is 4.33. The fourth-order valence-electron chi connectivity index (χ4n) is 4.33. The number of morpholine rings is 1. The quantitative estimate of drug-likeness (QED) is 0.677. The maximum absolute atomic E-state index is 5.73. The normalized spacial score (nSPS) is 21.4. The molecule has 2 aliphatic rings. The Morgan fingerprint density at radius 1 is 1.11 bits per heavy atom. The lowest BCUT2D eigenvalue weighted by Crippen LogP contribution is -2.44. The molecule has 1 saturated carbocycles. The number of benzene rings is 1. The minimum Gasteiger partial charge on any atom is -0.378 e. The first-order chi connectivity index (χ1) is 13.9. The molecular formula is C21H25N5O2. The van der Waals surface area contributed by atoms with E-state index in [2.05, 4.69) is 27.3 Å². The fraction of sp³-hybridized carbons (Fsp3) is 0.476. The van der Waals surface area contributed by atoms with E-state index < -0.39 is 0 Å². The predicted octanol–water partition coefficient (Wildman–Crippen LogP) is 3.30. The van der Waals surface area contributed by atoms with Gasteiger partial charge in [0.15, 0.2) is 0 Å². The van der Waals surface area contributed by atoms with Crippen molar-refractivity contribution in [2.45, 2.75) is 44.3 Å². The van der Waals surface area contributed by atoms with Gasteiger partial charge in [-0.05, 0) is 24.5 Å². The van der Waals surface area contributed by atoms with Crippen LogP contribution in [0.4, 0.5) is 0 Å². The molecule has 0 bridgehead atoms. The van der Waals surface area contributed by atoms with Crippen LogP contribution < -0.4 is 0 Å². The molecule has 0 spiro atoms. The second-order valence-corrected chi connectivity index (χ2v) is 7.62. The first-order valence-corrected chi connectivity index (χ1v) is 10.1. The van der Waals surface area contributed by atoms with Crippen LogP contribution in [0.5, 0.6) is 0 Å². The molecule has 1 aliphatic heterocycles. The SMILES string of the molecule is c1cnn(Cc2ccc(-c3noc(C4COCCN4C4CCCC4)n3)cc2)c1. The molecule has 0 radical (unpaired) electrons. The summed E-state index contributed by atoms with van der Waals surface area (Å²) in [5.74, 6) is 1.31. The lowest BCUT2D eigenvalue weighted by atomic mass is 10.1. The molecule has 146 valence electrons. The summed E-state index contributed by atoms with van der Waals surface area (Å²) in [6.07, 6.45) is 8.90. The Morgan fingerprint density at radius 2 is 1.96 bits per heavy atom. The molecule has 2 aromatic heterocycles. The van der Waals surface area contributed by atoms with Crippen LogP contribution in [0, 0.1) is 0 Å². The Morgan fingerprint density at radius 3 is 2.75 bits per heavy atom. The average molecular weight is 379 g/mol. The van der Waals surface area contributed by atoms with Gasteiger partial charge in [0.1, 0.15) is 6.04 Å². The Balaban J connectivity index is 1.32. The number of ether oxygens (including phenoxy) is 1. The van der Waals surface area contributed by atoms with Crippen molar-refractivity contribution >= 4 is 0 Å². The number of hydrogen-bond donors (Lipinski definition) is 0. The molecule has 5 rings (SSSR count). The number of hydrogen-bond acceptors (Lipinski definition) is 6. The zero-order valence-electron chi connectivity index (χ0n) is 15.9. The summed E-state index contributed by atoms with van der Waals surface area (Å²) < 4.78 is 13.3. The first-order valence-electron chi connectivity index (χ1n) is 10.1. The van der Waals surface area contributed by atoms with Crippen molar-refractivity contribution in [3.63, 3.8) is 0 Å². The van der Waals surface area contributed by atoms with Crippen molar-refractivity contribution in [1.29, 1.82) is 0 Å². The third-order valence-corrected chi connectivity index (χ3v) is 5.81. The Labute approximate surface area is 164 Å². The summed E-state index contributed by atoms with van der Waals surface area (Å²) in [7, 11) is 0. The van der Waals surface area contributed by atoms with Gasteiger partial charge in [-0.2, -0.15) is 10.1 Å². The van der Waals surface area contributed by atoms with Gasteiger partial charge in [-0.15, -0.1) is 0 Å². The molecule has 3 heterocycles. The van der Waals surface area contributed by atoms with Crippen molar-refractivity contribution in [2.24, 2.45) is 0 Å². The van der Waals surface area contributed by atoms with E-state index in [1.807, 2.05) is 29.1 Å². The molecule has 2 fully saturated rings. The lowest BCUT2D eigenvalue weighted by Gasteiger charge is -2.37. The topological polar surface area (TPSA) is 69.2 Å². The molecule has 0 N–H and O–H groups in total. The van der Waals surface area contributed by atoms with Gasteiger partial charge < -0.3 is 9.26 Å². The zero-order chi connectivity index (χ0) is 18.8. The zero-order valence-corrected chi connectivity index (χ0v) is 15.9. The second kappa shape index (κ2) is 7.85. The Hall–Kier alpha value is -2.51. The van der Waals surface area contributed by atoms with E-state index >= 15 is 0 Å². The summed E-state index contributed by atoms with van der Waals surface area (Å²) in [6, 6.07) is 10.9. The van der Waals surface area contributed by atoms with E-state index in [0.717, 1.165) is 25.3 Å². The highest BCUT2D eigenvalue weighted by Gasteiger charge is 2.35. The minimum atomic E-state index is 0.0668. The van der Waals surface area contributed by atoms with Gasteiger partial charge in [0, 0.05) is 30.5 Å². The van der Waals surface area contributed by atoms with Crippen LogP contribution in [0.2, 0.25) is 0 Å². The van der Waals surface area contributed by atoms with E-state index in [1.165, 1.54) is 31.2 Å². The van der Waals surface area contributed by atoms with Crippen LogP contribution in [0.15, 0.2) is 47.2 Å². The molecule has 3 aromatic rings. The van der Waals surface area contributed by atoms with Crippen molar-refractivity contribution in [1.82, 2.24) is 24.8 Å². The van der Waals surface area contributed by atoms with Crippen LogP contribution >= 0.6 is 0 Å². The monoisotopic (exact) mass is 379 g/mol. The van der Waals surface area contributed by atoms with E-state index in [1.54, 1.807) is 6.20 Å². The molecule has 7 nitrogen and oxygen atoms in total. The van der Waals surface area contributed by atoms with Crippen molar-refractivity contribution in [3.8, 4) is 11.4 Å². The van der Waals surface area contributed by atoms with Crippen molar-refractivity contribution in [2.75, 3.05) is 19.8 Å². The first kappa shape index (κ1) is 17.6. The largest absolute Gasteiger partial charge is 0.378 e. The minimum absolute atomic E-state index is 0.0668. The van der Waals surface area contributed by atoms with Gasteiger partial charge in [0.05, 0.1) is 19.8 Å². The second-order valence-electron chi connectivity index (χ2n) is 7.62. The molecular weight excluding hydrogens is 354 g/mol. The third kappa shape index (κ3) is 3.59. The van der Waals surface area contributed by atoms with E-state index in [4.69, 9.17) is 14.2 Å². The van der Waals surface area contributed by atoms with Gasteiger partial charge in [0.2, 0.25) is 11.7 Å². The standard InChI is InChI=1S/C21H25N5O2/c1-2-5-18(4-1)26-12-13-27-15-19(26)21-23-20(24-28-21)17-8-6-16(7-9-17)14-25-11-3-10-22-25/h3,6-11,18-19H,1-2,4-5,12-15H2. The van der Waals surface area contributed by atoms with E-state index in [0.29, 0.717) is 24.4 Å². The Kier molecular flexibility index (Phi) is 4.93. The Bertz CT molecular complexity index is 884. The summed E-state index contributed by atoms with van der Waals surface area (Å²) in [5, 5.41) is 8.49. The van der Waals surface area contributed by atoms with Crippen LogP contribution in [0.25, 0.3) is 11.4 Å². The van der Waals surface area contributed by atoms with Crippen molar-refractivity contribution < 1.29 is 9.26 Å². The van der Waals surface area contributed by atoms with Crippen molar-refractivity contribution in [3.05, 3.63) is 54.2 Å². The summed E-state index contributed by atoms with van der Waals surface area (Å²) in [5.41, 5.74) is 2.15. The summed E-state index contributed by atoms with van der Waals surface area (Å²) in [6.45, 7) is 3.10. The highest BCUT2D eigenvalue weighted by molar-refractivity contribution is 5.54. The molecule has 1 aliphatic carbocycles.